The van der Waals surface area contributed by atoms with Gasteiger partial charge in [0.05, 0.1) is 6.10 Å². The number of rotatable bonds is 3. The Morgan fingerprint density at radius 2 is 2.00 bits per heavy atom. The van der Waals surface area contributed by atoms with Gasteiger partial charge in [0, 0.05) is 16.2 Å². The fourth-order valence-corrected chi connectivity index (χ4v) is 3.98. The minimum absolute atomic E-state index is 0.135. The van der Waals surface area contributed by atoms with Gasteiger partial charge in [-0.1, -0.05) is 12.8 Å². The number of nitrogen functional groups attached to an aromatic ring is 1. The Balaban J connectivity index is 2.28. The maximum atomic E-state index is 13.8. The van der Waals surface area contributed by atoms with Crippen LogP contribution in [0.5, 0.6) is 0 Å². The molecule has 20 heavy (non-hydrogen) atoms. The molecule has 0 amide bonds. The van der Waals surface area contributed by atoms with Crippen molar-refractivity contribution in [1.82, 2.24) is 4.72 Å². The molecule has 1 fully saturated rings. The second-order valence-corrected chi connectivity index (χ2v) is 7.42. The molecule has 0 aromatic heterocycles. The van der Waals surface area contributed by atoms with Gasteiger partial charge in [-0.3, -0.25) is 0 Å². The lowest BCUT2D eigenvalue weighted by Gasteiger charge is -2.28. The summed E-state index contributed by atoms with van der Waals surface area (Å²) in [7, 11) is -4.05. The number of sulfonamides is 1. The van der Waals surface area contributed by atoms with E-state index in [1.165, 1.54) is 0 Å². The largest absolute Gasteiger partial charge is 0.398 e. The average molecular weight is 367 g/mol. The lowest BCUT2D eigenvalue weighted by Crippen LogP contribution is -2.45. The topological polar surface area (TPSA) is 92.4 Å². The molecule has 1 aromatic carbocycles. The minimum atomic E-state index is -4.05. The molecule has 0 aliphatic heterocycles. The summed E-state index contributed by atoms with van der Waals surface area (Å²) in [6.07, 6.45) is 2.02. The summed E-state index contributed by atoms with van der Waals surface area (Å²) < 4.78 is 40.9. The normalized spacial score (nSPS) is 23.8. The Labute approximate surface area is 125 Å². The van der Waals surface area contributed by atoms with Crippen LogP contribution in [0.25, 0.3) is 0 Å². The van der Waals surface area contributed by atoms with Gasteiger partial charge < -0.3 is 10.8 Å². The second-order valence-electron chi connectivity index (χ2n) is 4.88. The van der Waals surface area contributed by atoms with E-state index in [9.17, 15) is 17.9 Å². The molecule has 8 heteroatoms. The van der Waals surface area contributed by atoms with Crippen molar-refractivity contribution in [2.24, 2.45) is 0 Å². The third-order valence-corrected chi connectivity index (χ3v) is 5.57. The number of anilines is 1. The molecule has 1 aliphatic carbocycles. The van der Waals surface area contributed by atoms with Crippen molar-refractivity contribution >= 4 is 31.6 Å². The minimum Gasteiger partial charge on any atom is -0.398 e. The number of nitrogens with two attached hydrogens (primary N) is 1. The van der Waals surface area contributed by atoms with E-state index in [4.69, 9.17) is 5.73 Å². The van der Waals surface area contributed by atoms with Gasteiger partial charge in [-0.25, -0.2) is 17.5 Å². The fraction of sp³-hybridized carbons (Fsp3) is 0.500. The van der Waals surface area contributed by atoms with Gasteiger partial charge in [0.2, 0.25) is 10.0 Å². The van der Waals surface area contributed by atoms with Crippen molar-refractivity contribution in [3.05, 3.63) is 22.4 Å². The van der Waals surface area contributed by atoms with E-state index < -0.39 is 32.9 Å². The third kappa shape index (κ3) is 3.30. The molecular weight excluding hydrogens is 351 g/mol. The SMILES string of the molecule is Nc1cc(S(=O)(=O)N[C@H]2CCCC[C@@H]2O)c(F)cc1Br. The zero-order chi connectivity index (χ0) is 14.9. The van der Waals surface area contributed by atoms with Crippen LogP contribution in [0, 0.1) is 5.82 Å². The monoisotopic (exact) mass is 366 g/mol. The fourth-order valence-electron chi connectivity index (χ4n) is 2.26. The zero-order valence-electron chi connectivity index (χ0n) is 10.6. The Kier molecular flexibility index (Phi) is 4.68. The summed E-state index contributed by atoms with van der Waals surface area (Å²) in [4.78, 5) is -0.504. The van der Waals surface area contributed by atoms with Gasteiger partial charge in [0.1, 0.15) is 10.7 Å². The molecule has 0 radical (unpaired) electrons. The first-order valence-corrected chi connectivity index (χ1v) is 8.54. The summed E-state index contributed by atoms with van der Waals surface area (Å²) in [6, 6.07) is 1.50. The van der Waals surface area contributed by atoms with Crippen molar-refractivity contribution in [3.8, 4) is 0 Å². The van der Waals surface area contributed by atoms with E-state index in [2.05, 4.69) is 20.7 Å². The van der Waals surface area contributed by atoms with Gasteiger partial charge in [0.15, 0.2) is 0 Å². The highest BCUT2D eigenvalue weighted by atomic mass is 79.9. The van der Waals surface area contributed by atoms with Gasteiger partial charge in [-0.05, 0) is 40.9 Å². The first kappa shape index (κ1) is 15.7. The number of benzene rings is 1. The second kappa shape index (κ2) is 5.97. The molecule has 0 saturated heterocycles. The van der Waals surface area contributed by atoms with Crippen LogP contribution >= 0.6 is 15.9 Å². The summed E-state index contributed by atoms with van der Waals surface area (Å²) in [5.74, 6) is -0.885. The van der Waals surface area contributed by atoms with Crippen LogP contribution in [0.4, 0.5) is 10.1 Å². The lowest BCUT2D eigenvalue weighted by molar-refractivity contribution is 0.101. The average Bonchev–Trinajstić information content (AvgIpc) is 2.36. The predicted octanol–water partition coefficient (Wildman–Crippen LogP) is 1.75. The molecular formula is C12H16BrFN2O3S. The van der Waals surface area contributed by atoms with Gasteiger partial charge >= 0.3 is 0 Å². The van der Waals surface area contributed by atoms with E-state index in [-0.39, 0.29) is 5.69 Å². The number of nitrogens with one attached hydrogen (secondary N) is 1. The smallest absolute Gasteiger partial charge is 0.243 e. The molecule has 2 rings (SSSR count). The van der Waals surface area contributed by atoms with Crippen LogP contribution in [0.2, 0.25) is 0 Å². The number of hydrogen-bond acceptors (Lipinski definition) is 4. The molecule has 1 aromatic rings. The summed E-state index contributed by atoms with van der Waals surface area (Å²) in [5, 5.41) is 9.79. The van der Waals surface area contributed by atoms with Crippen molar-refractivity contribution in [2.75, 3.05) is 5.73 Å². The number of aliphatic hydroxyl groups is 1. The maximum absolute atomic E-state index is 13.8. The van der Waals surface area contributed by atoms with Gasteiger partial charge in [-0.2, -0.15) is 0 Å². The van der Waals surface area contributed by atoms with Gasteiger partial charge in [0.25, 0.3) is 0 Å². The molecule has 5 nitrogen and oxygen atoms in total. The number of aliphatic hydroxyl groups excluding tert-OH is 1. The number of halogens is 2. The van der Waals surface area contributed by atoms with Crippen LogP contribution in [0.15, 0.2) is 21.5 Å². The molecule has 1 saturated carbocycles. The molecule has 0 unspecified atom stereocenters. The Bertz CT molecular complexity index is 609. The van der Waals surface area contributed by atoms with E-state index in [0.29, 0.717) is 17.3 Å². The van der Waals surface area contributed by atoms with Gasteiger partial charge in [-0.15, -0.1) is 0 Å². The Morgan fingerprint density at radius 3 is 2.65 bits per heavy atom. The highest BCUT2D eigenvalue weighted by molar-refractivity contribution is 9.10. The highest BCUT2D eigenvalue weighted by Gasteiger charge is 2.29. The van der Waals surface area contributed by atoms with E-state index >= 15 is 0 Å². The molecule has 1 aliphatic rings. The molecule has 2 atom stereocenters. The molecule has 0 spiro atoms. The van der Waals surface area contributed by atoms with E-state index in [0.717, 1.165) is 25.0 Å². The Morgan fingerprint density at radius 1 is 1.35 bits per heavy atom. The Hall–Kier alpha value is -0.700. The first-order valence-electron chi connectivity index (χ1n) is 6.26. The lowest BCUT2D eigenvalue weighted by atomic mass is 9.93. The number of hydrogen-bond donors (Lipinski definition) is 3. The standard InChI is InChI=1S/C12H16BrFN2O3S/c13-7-5-8(14)12(6-9(7)15)20(18,19)16-10-3-1-2-4-11(10)17/h5-6,10-11,16-17H,1-4,15H2/t10-,11-/m0/s1. The van der Waals surface area contributed by atoms with Crippen molar-refractivity contribution in [3.63, 3.8) is 0 Å². The quantitative estimate of drug-likeness (QED) is 0.710. The highest BCUT2D eigenvalue weighted by Crippen LogP contribution is 2.27. The molecule has 0 heterocycles. The molecule has 4 N–H and O–H groups in total. The molecule has 112 valence electrons. The summed E-state index contributed by atoms with van der Waals surface area (Å²) in [5.41, 5.74) is 5.73. The van der Waals surface area contributed by atoms with Crippen LogP contribution in [-0.2, 0) is 10.0 Å². The maximum Gasteiger partial charge on any atom is 0.243 e. The van der Waals surface area contributed by atoms with Crippen molar-refractivity contribution < 1.29 is 17.9 Å². The van der Waals surface area contributed by atoms with E-state index in [1.807, 2.05) is 0 Å². The van der Waals surface area contributed by atoms with Crippen LogP contribution in [0.1, 0.15) is 25.7 Å². The summed E-state index contributed by atoms with van der Waals surface area (Å²) >= 11 is 3.03. The predicted molar refractivity (Wildman–Crippen MR) is 77.1 cm³/mol. The van der Waals surface area contributed by atoms with Crippen molar-refractivity contribution in [2.45, 2.75) is 42.7 Å². The van der Waals surface area contributed by atoms with Crippen molar-refractivity contribution in [1.29, 1.82) is 0 Å². The third-order valence-electron chi connectivity index (χ3n) is 3.38. The van der Waals surface area contributed by atoms with E-state index in [1.54, 1.807) is 0 Å². The first-order chi connectivity index (χ1) is 9.31. The van der Waals surface area contributed by atoms with Crippen LogP contribution in [0.3, 0.4) is 0 Å². The zero-order valence-corrected chi connectivity index (χ0v) is 13.0. The molecule has 0 bridgehead atoms. The van der Waals surface area contributed by atoms with Crippen LogP contribution in [-0.4, -0.2) is 25.7 Å². The van der Waals surface area contributed by atoms with Crippen LogP contribution < -0.4 is 10.5 Å². The summed E-state index contributed by atoms with van der Waals surface area (Å²) in [6.45, 7) is 0.